The first-order valence-corrected chi connectivity index (χ1v) is 15.6. The first-order chi connectivity index (χ1) is 18.9. The summed E-state index contributed by atoms with van der Waals surface area (Å²) < 4.78 is 41.9. The van der Waals surface area contributed by atoms with Crippen molar-refractivity contribution in [2.45, 2.75) is 129 Å². The van der Waals surface area contributed by atoms with E-state index in [9.17, 15) is 13.9 Å². The maximum absolute atomic E-state index is 12.7. The second-order valence-electron chi connectivity index (χ2n) is 12.9. The van der Waals surface area contributed by atoms with Gasteiger partial charge in [-0.1, -0.05) is 18.6 Å². The molecule has 0 radical (unpaired) electrons. The van der Waals surface area contributed by atoms with Gasteiger partial charge in [-0.2, -0.15) is 0 Å². The molecule has 0 aromatic heterocycles. The highest BCUT2D eigenvalue weighted by Gasteiger charge is 2.45. The van der Waals surface area contributed by atoms with Crippen LogP contribution >= 0.6 is 0 Å². The van der Waals surface area contributed by atoms with Gasteiger partial charge in [-0.15, -0.1) is 0 Å². The molecule has 9 heteroatoms. The smallest absolute Gasteiger partial charge is 0.260 e. The standard InChI is InChI=1S/C13H23NO2.C9H17F2NO.C9H19NO/c1-11(2)16-10-13(5-6-13)9-14-7-3-4-12(14)8-15;1-7(2)13-5-8-3-4-9(10,11)6-12-8;1-8(2)11-7-9-5-3-4-6-10-9/h3-4,11-12,15H,5-10H2,1-2H3;7-8,12H,3-6H2,1-2H3;8-10H,3-7H2,1-2H3. The lowest BCUT2D eigenvalue weighted by Gasteiger charge is -2.29. The van der Waals surface area contributed by atoms with Crippen LogP contribution in [-0.4, -0.2) is 105 Å². The molecule has 1 aliphatic carbocycles. The molecule has 40 heavy (non-hydrogen) atoms. The number of rotatable bonds is 12. The second kappa shape index (κ2) is 18.1. The number of piperidine rings is 2. The van der Waals surface area contributed by atoms with Crippen LogP contribution in [0.5, 0.6) is 0 Å². The highest BCUT2D eigenvalue weighted by Crippen LogP contribution is 2.47. The summed E-state index contributed by atoms with van der Waals surface area (Å²) in [6.07, 6.45) is 12.1. The van der Waals surface area contributed by atoms with Gasteiger partial charge in [0.2, 0.25) is 0 Å². The van der Waals surface area contributed by atoms with E-state index in [0.29, 0.717) is 36.7 Å². The minimum absolute atomic E-state index is 0.0217. The summed E-state index contributed by atoms with van der Waals surface area (Å²) in [5, 5.41) is 15.5. The highest BCUT2D eigenvalue weighted by atomic mass is 19.3. The van der Waals surface area contributed by atoms with Gasteiger partial charge < -0.3 is 30.0 Å². The Labute approximate surface area is 242 Å². The van der Waals surface area contributed by atoms with Crippen LogP contribution in [0, 0.1) is 5.41 Å². The first kappa shape index (κ1) is 35.5. The van der Waals surface area contributed by atoms with Crippen LogP contribution in [0.25, 0.3) is 0 Å². The summed E-state index contributed by atoms with van der Waals surface area (Å²) >= 11 is 0. The molecule has 7 nitrogen and oxygen atoms in total. The average molecular weight is 576 g/mol. The first-order valence-electron chi connectivity index (χ1n) is 15.6. The molecule has 3 fully saturated rings. The van der Waals surface area contributed by atoms with Gasteiger partial charge >= 0.3 is 0 Å². The van der Waals surface area contributed by atoms with Gasteiger partial charge in [0.15, 0.2) is 0 Å². The molecule has 3 N–H and O–H groups in total. The normalized spacial score (nSPS) is 27.4. The quantitative estimate of drug-likeness (QED) is 0.289. The van der Waals surface area contributed by atoms with Crippen molar-refractivity contribution in [3.05, 3.63) is 12.2 Å². The third-order valence-corrected chi connectivity index (χ3v) is 7.75. The van der Waals surface area contributed by atoms with Crippen LogP contribution in [0.15, 0.2) is 12.2 Å². The molecule has 0 spiro atoms. The molecule has 3 atom stereocenters. The SMILES string of the molecule is CC(C)OCC1(CN2CC=CC2CO)CC1.CC(C)OCC1CCC(F)(F)CN1.CC(C)OCC1CCCCN1. The Balaban J connectivity index is 0.000000214. The zero-order valence-corrected chi connectivity index (χ0v) is 26.1. The van der Waals surface area contributed by atoms with Gasteiger partial charge in [-0.25, -0.2) is 8.78 Å². The maximum Gasteiger partial charge on any atom is 0.260 e. The van der Waals surface area contributed by atoms with Crippen LogP contribution in [-0.2, 0) is 14.2 Å². The Bertz CT molecular complexity index is 685. The second-order valence-corrected chi connectivity index (χ2v) is 12.9. The van der Waals surface area contributed by atoms with Gasteiger partial charge in [0, 0.05) is 37.0 Å². The van der Waals surface area contributed by atoms with Gasteiger partial charge in [-0.05, 0) is 80.2 Å². The molecule has 236 valence electrons. The molecule has 3 heterocycles. The summed E-state index contributed by atoms with van der Waals surface area (Å²) in [4.78, 5) is 2.36. The topological polar surface area (TPSA) is 75.2 Å². The monoisotopic (exact) mass is 575 g/mol. The van der Waals surface area contributed by atoms with Crippen LogP contribution in [0.2, 0.25) is 0 Å². The number of alkyl halides is 2. The minimum Gasteiger partial charge on any atom is -0.394 e. The minimum atomic E-state index is -2.52. The van der Waals surface area contributed by atoms with E-state index in [2.05, 4.69) is 55.4 Å². The van der Waals surface area contributed by atoms with E-state index in [1.165, 1.54) is 38.6 Å². The molecule has 0 bridgehead atoms. The Hall–Kier alpha value is -0.680. The van der Waals surface area contributed by atoms with Crippen LogP contribution < -0.4 is 10.6 Å². The largest absolute Gasteiger partial charge is 0.394 e. The number of nitrogens with one attached hydrogen (secondary N) is 2. The fourth-order valence-corrected chi connectivity index (χ4v) is 4.96. The van der Waals surface area contributed by atoms with Crippen molar-refractivity contribution in [1.29, 1.82) is 0 Å². The number of aliphatic hydroxyl groups is 1. The lowest BCUT2D eigenvalue weighted by molar-refractivity contribution is -0.0426. The predicted octanol–water partition coefficient (Wildman–Crippen LogP) is 4.78. The Morgan fingerprint density at radius 2 is 1.50 bits per heavy atom. The Morgan fingerprint density at radius 3 is 1.98 bits per heavy atom. The molecule has 2 saturated heterocycles. The fraction of sp³-hybridized carbons (Fsp3) is 0.935. The van der Waals surface area contributed by atoms with Gasteiger partial charge in [0.1, 0.15) is 0 Å². The third-order valence-electron chi connectivity index (χ3n) is 7.75. The Kier molecular flexibility index (Phi) is 16.1. The van der Waals surface area contributed by atoms with Crippen molar-refractivity contribution in [2.75, 3.05) is 52.6 Å². The van der Waals surface area contributed by atoms with E-state index in [4.69, 9.17) is 14.2 Å². The molecule has 0 aromatic carbocycles. The number of nitrogens with zero attached hydrogens (tertiary/aromatic N) is 1. The van der Waals surface area contributed by atoms with E-state index in [1.807, 2.05) is 13.8 Å². The predicted molar refractivity (Wildman–Crippen MR) is 158 cm³/mol. The molecular weight excluding hydrogens is 516 g/mol. The van der Waals surface area contributed by atoms with Crippen molar-refractivity contribution in [2.24, 2.45) is 5.41 Å². The van der Waals surface area contributed by atoms with Gasteiger partial charge in [0.05, 0.1) is 57.3 Å². The molecule has 3 unspecified atom stereocenters. The summed E-state index contributed by atoms with van der Waals surface area (Å²) in [6, 6.07) is 0.949. The molecular formula is C31H59F2N3O4. The fourth-order valence-electron chi connectivity index (χ4n) is 4.96. The van der Waals surface area contributed by atoms with Gasteiger partial charge in [-0.3, -0.25) is 4.90 Å². The lowest BCUT2D eigenvalue weighted by Crippen LogP contribution is -2.47. The van der Waals surface area contributed by atoms with Crippen LogP contribution in [0.4, 0.5) is 8.78 Å². The summed E-state index contributed by atoms with van der Waals surface area (Å²) in [5.74, 6) is -2.52. The van der Waals surface area contributed by atoms with E-state index in [1.54, 1.807) is 0 Å². The average Bonchev–Trinajstić information content (AvgIpc) is 3.54. The van der Waals surface area contributed by atoms with Crippen molar-refractivity contribution in [3.63, 3.8) is 0 Å². The molecule has 0 amide bonds. The maximum atomic E-state index is 12.7. The van der Waals surface area contributed by atoms with Crippen LogP contribution in [0.1, 0.15) is 86.5 Å². The Morgan fingerprint density at radius 1 is 0.875 bits per heavy atom. The zero-order chi connectivity index (χ0) is 29.6. The molecule has 1 saturated carbocycles. The number of ether oxygens (including phenoxy) is 3. The summed E-state index contributed by atoms with van der Waals surface area (Å²) in [7, 11) is 0. The number of aliphatic hydroxyl groups excluding tert-OH is 1. The molecule has 4 aliphatic rings. The van der Waals surface area contributed by atoms with E-state index >= 15 is 0 Å². The van der Waals surface area contributed by atoms with E-state index < -0.39 is 5.92 Å². The summed E-state index contributed by atoms with van der Waals surface area (Å²) in [5.41, 5.74) is 0.379. The van der Waals surface area contributed by atoms with E-state index in [0.717, 1.165) is 26.3 Å². The van der Waals surface area contributed by atoms with Crippen molar-refractivity contribution < 1.29 is 28.1 Å². The van der Waals surface area contributed by atoms with Gasteiger partial charge in [0.25, 0.3) is 5.92 Å². The van der Waals surface area contributed by atoms with Crippen molar-refractivity contribution in [1.82, 2.24) is 15.5 Å². The molecule has 4 rings (SSSR count). The lowest BCUT2D eigenvalue weighted by atomic mass is 10.0. The number of hydrogen-bond donors (Lipinski definition) is 3. The summed E-state index contributed by atoms with van der Waals surface area (Å²) in [6.45, 7) is 17.8. The van der Waals surface area contributed by atoms with Crippen LogP contribution in [0.3, 0.4) is 0 Å². The third kappa shape index (κ3) is 15.0. The van der Waals surface area contributed by atoms with E-state index in [-0.39, 0.29) is 37.8 Å². The number of halogens is 2. The zero-order valence-electron chi connectivity index (χ0n) is 26.1. The number of hydrogen-bond acceptors (Lipinski definition) is 7. The highest BCUT2D eigenvalue weighted by molar-refractivity contribution is 5.07. The van der Waals surface area contributed by atoms with Crippen molar-refractivity contribution in [3.8, 4) is 0 Å². The van der Waals surface area contributed by atoms with Crippen molar-refractivity contribution >= 4 is 0 Å². The molecule has 0 aromatic rings. The molecule has 3 aliphatic heterocycles.